The predicted molar refractivity (Wildman–Crippen MR) is 75.7 cm³/mol. The molecular formula is C13H19N3O5S. The Bertz CT molecular complexity index is 632. The number of carbonyl (C=O) groups excluding carboxylic acids is 1. The van der Waals surface area contributed by atoms with Crippen molar-refractivity contribution >= 4 is 15.7 Å². The first-order valence-corrected chi connectivity index (χ1v) is 9.25. The zero-order chi connectivity index (χ0) is 15.6. The average molecular weight is 329 g/mol. The van der Waals surface area contributed by atoms with E-state index >= 15 is 0 Å². The van der Waals surface area contributed by atoms with Crippen LogP contribution in [0.1, 0.15) is 43.3 Å². The summed E-state index contributed by atoms with van der Waals surface area (Å²) in [4.78, 5) is 15.8. The standard InChI is InChI=1S/C13H19N3O5S/c17-11(14-6-10-2-1-5-20-10)7-22(18,19)8-12-15-13(16-21-12)9-3-4-9/h9-10H,1-8H2,(H,14,17)/t10-/m1/s1. The van der Waals surface area contributed by atoms with Gasteiger partial charge in [0.1, 0.15) is 11.5 Å². The number of nitrogens with zero attached hydrogens (tertiary/aromatic N) is 2. The normalized spacial score (nSPS) is 21.9. The summed E-state index contributed by atoms with van der Waals surface area (Å²) in [5.41, 5.74) is 0. The van der Waals surface area contributed by atoms with Gasteiger partial charge in [-0.1, -0.05) is 5.16 Å². The lowest BCUT2D eigenvalue weighted by molar-refractivity contribution is -0.119. The summed E-state index contributed by atoms with van der Waals surface area (Å²) in [6, 6.07) is 0. The Labute approximate surface area is 128 Å². The molecule has 1 aromatic heterocycles. The van der Waals surface area contributed by atoms with E-state index in [0.717, 1.165) is 25.7 Å². The molecular weight excluding hydrogens is 310 g/mol. The van der Waals surface area contributed by atoms with Crippen LogP contribution in [0.2, 0.25) is 0 Å². The van der Waals surface area contributed by atoms with Crippen molar-refractivity contribution in [3.05, 3.63) is 11.7 Å². The number of ether oxygens (including phenoxy) is 1. The molecule has 0 radical (unpaired) electrons. The van der Waals surface area contributed by atoms with Gasteiger partial charge in [-0.3, -0.25) is 4.79 Å². The Hall–Kier alpha value is -1.48. The Morgan fingerprint density at radius 1 is 1.32 bits per heavy atom. The summed E-state index contributed by atoms with van der Waals surface area (Å²) in [6.07, 6.45) is 3.87. The smallest absolute Gasteiger partial charge is 0.241 e. The largest absolute Gasteiger partial charge is 0.376 e. The second kappa shape index (κ2) is 6.33. The fourth-order valence-electron chi connectivity index (χ4n) is 2.36. The van der Waals surface area contributed by atoms with Crippen LogP contribution in [0, 0.1) is 0 Å². The Kier molecular flexibility index (Phi) is 4.44. The minimum Gasteiger partial charge on any atom is -0.376 e. The summed E-state index contributed by atoms with van der Waals surface area (Å²) in [7, 11) is -3.62. The molecule has 1 aliphatic carbocycles. The highest BCUT2D eigenvalue weighted by molar-refractivity contribution is 7.91. The molecule has 0 unspecified atom stereocenters. The van der Waals surface area contributed by atoms with Crippen LogP contribution in [0.25, 0.3) is 0 Å². The van der Waals surface area contributed by atoms with Gasteiger partial charge >= 0.3 is 0 Å². The van der Waals surface area contributed by atoms with E-state index in [1.807, 2.05) is 0 Å². The van der Waals surface area contributed by atoms with Crippen LogP contribution >= 0.6 is 0 Å². The topological polar surface area (TPSA) is 111 Å². The number of carbonyl (C=O) groups is 1. The van der Waals surface area contributed by atoms with Crippen LogP contribution in [0.15, 0.2) is 4.52 Å². The first-order valence-electron chi connectivity index (χ1n) is 7.43. The molecule has 1 atom stereocenters. The molecule has 122 valence electrons. The van der Waals surface area contributed by atoms with Crippen LogP contribution in [0.3, 0.4) is 0 Å². The van der Waals surface area contributed by atoms with Crippen LogP contribution in [0.5, 0.6) is 0 Å². The maximum absolute atomic E-state index is 12.0. The quantitative estimate of drug-likeness (QED) is 0.758. The van der Waals surface area contributed by atoms with Crippen LogP contribution in [0.4, 0.5) is 0 Å². The van der Waals surface area contributed by atoms with E-state index in [0.29, 0.717) is 24.9 Å². The summed E-state index contributed by atoms with van der Waals surface area (Å²) in [5, 5.41) is 6.35. The number of amides is 1. The van der Waals surface area contributed by atoms with Gasteiger partial charge in [0.25, 0.3) is 0 Å². The molecule has 2 aliphatic rings. The third kappa shape index (κ3) is 4.26. The molecule has 1 aromatic rings. The van der Waals surface area contributed by atoms with Crippen molar-refractivity contribution in [2.45, 2.75) is 43.5 Å². The lowest BCUT2D eigenvalue weighted by Crippen LogP contribution is -2.36. The molecule has 8 nitrogen and oxygen atoms in total. The Morgan fingerprint density at radius 2 is 2.14 bits per heavy atom. The molecule has 2 heterocycles. The number of hydrogen-bond acceptors (Lipinski definition) is 7. The molecule has 1 amide bonds. The molecule has 0 aromatic carbocycles. The third-order valence-corrected chi connectivity index (χ3v) is 5.06. The van der Waals surface area contributed by atoms with Crippen molar-refractivity contribution in [3.63, 3.8) is 0 Å². The number of aromatic nitrogens is 2. The first kappa shape index (κ1) is 15.4. The lowest BCUT2D eigenvalue weighted by atomic mass is 10.2. The highest BCUT2D eigenvalue weighted by Gasteiger charge is 2.30. The van der Waals surface area contributed by atoms with E-state index < -0.39 is 27.3 Å². The van der Waals surface area contributed by atoms with Crippen LogP contribution < -0.4 is 5.32 Å². The highest BCUT2D eigenvalue weighted by atomic mass is 32.2. The maximum Gasteiger partial charge on any atom is 0.241 e. The monoisotopic (exact) mass is 329 g/mol. The van der Waals surface area contributed by atoms with Crippen LogP contribution in [-0.4, -0.2) is 49.5 Å². The van der Waals surface area contributed by atoms with Crippen molar-refractivity contribution in [2.24, 2.45) is 0 Å². The SMILES string of the molecule is O=C(CS(=O)(=O)Cc1nc(C2CC2)no1)NC[C@H]1CCCO1. The van der Waals surface area contributed by atoms with E-state index in [9.17, 15) is 13.2 Å². The number of sulfone groups is 1. The highest BCUT2D eigenvalue weighted by Crippen LogP contribution is 2.38. The molecule has 22 heavy (non-hydrogen) atoms. The van der Waals surface area contributed by atoms with E-state index in [1.165, 1.54) is 0 Å². The van der Waals surface area contributed by atoms with Gasteiger partial charge in [-0.05, 0) is 25.7 Å². The second-order valence-corrected chi connectivity index (χ2v) is 7.86. The molecule has 3 rings (SSSR count). The summed E-state index contributed by atoms with van der Waals surface area (Å²) < 4.78 is 34.3. The van der Waals surface area contributed by atoms with Crippen molar-refractivity contribution in [1.82, 2.24) is 15.5 Å². The van der Waals surface area contributed by atoms with Crippen molar-refractivity contribution in [3.8, 4) is 0 Å². The van der Waals surface area contributed by atoms with Crippen molar-refractivity contribution in [2.75, 3.05) is 18.9 Å². The fraction of sp³-hybridized carbons (Fsp3) is 0.769. The predicted octanol–water partition coefficient (Wildman–Crippen LogP) is 0.157. The average Bonchev–Trinajstić information content (AvgIpc) is 2.98. The van der Waals surface area contributed by atoms with Gasteiger partial charge in [0, 0.05) is 19.1 Å². The molecule has 9 heteroatoms. The van der Waals surface area contributed by atoms with Gasteiger partial charge in [0.05, 0.1) is 6.10 Å². The number of hydrogen-bond donors (Lipinski definition) is 1. The van der Waals surface area contributed by atoms with Crippen molar-refractivity contribution in [1.29, 1.82) is 0 Å². The summed E-state index contributed by atoms with van der Waals surface area (Å²) in [6.45, 7) is 1.04. The lowest BCUT2D eigenvalue weighted by Gasteiger charge is -2.10. The zero-order valence-corrected chi connectivity index (χ0v) is 13.0. The van der Waals surface area contributed by atoms with Gasteiger partial charge in [0.15, 0.2) is 15.7 Å². The molecule has 1 saturated heterocycles. The molecule has 0 spiro atoms. The Morgan fingerprint density at radius 3 is 2.82 bits per heavy atom. The minimum atomic E-state index is -3.62. The first-order chi connectivity index (χ1) is 10.5. The molecule has 1 saturated carbocycles. The molecule has 0 bridgehead atoms. The number of nitrogens with one attached hydrogen (secondary N) is 1. The molecule has 1 N–H and O–H groups in total. The Balaban J connectivity index is 1.47. The van der Waals surface area contributed by atoms with E-state index in [4.69, 9.17) is 9.26 Å². The van der Waals surface area contributed by atoms with E-state index in [1.54, 1.807) is 0 Å². The van der Waals surface area contributed by atoms with Crippen molar-refractivity contribution < 1.29 is 22.5 Å². The minimum absolute atomic E-state index is 0.0105. The molecule has 1 aliphatic heterocycles. The van der Waals surface area contributed by atoms with Crippen LogP contribution in [-0.2, 0) is 25.1 Å². The van der Waals surface area contributed by atoms with Gasteiger partial charge in [-0.2, -0.15) is 4.98 Å². The van der Waals surface area contributed by atoms with Gasteiger partial charge in [-0.25, -0.2) is 8.42 Å². The van der Waals surface area contributed by atoms with E-state index in [2.05, 4.69) is 15.5 Å². The zero-order valence-electron chi connectivity index (χ0n) is 12.2. The van der Waals surface area contributed by atoms with Gasteiger partial charge in [0.2, 0.25) is 11.8 Å². The van der Waals surface area contributed by atoms with E-state index in [-0.39, 0.29) is 12.0 Å². The maximum atomic E-state index is 12.0. The summed E-state index contributed by atoms with van der Waals surface area (Å²) in [5.74, 6) is -0.602. The second-order valence-electron chi connectivity index (χ2n) is 5.79. The molecule has 2 fully saturated rings. The third-order valence-electron chi connectivity index (χ3n) is 3.67. The number of rotatable bonds is 7. The fourth-order valence-corrected chi connectivity index (χ4v) is 3.45. The summed E-state index contributed by atoms with van der Waals surface area (Å²) >= 11 is 0. The van der Waals surface area contributed by atoms with Gasteiger partial charge in [-0.15, -0.1) is 0 Å². The van der Waals surface area contributed by atoms with Gasteiger partial charge < -0.3 is 14.6 Å².